The Labute approximate surface area is 144 Å². The second-order valence-electron chi connectivity index (χ2n) is 5.77. The third kappa shape index (κ3) is 8.16. The number of aryl methyl sites for hydroxylation is 1. The van der Waals surface area contributed by atoms with Crippen LogP contribution in [0.15, 0.2) is 23.2 Å². The Hall–Kier alpha value is -1.80. The topological polar surface area (TPSA) is 106 Å². The summed E-state index contributed by atoms with van der Waals surface area (Å²) in [5, 5.41) is 11.0. The molecule has 1 aromatic rings. The van der Waals surface area contributed by atoms with Crippen molar-refractivity contribution < 1.29 is 13.2 Å². The highest BCUT2D eigenvalue weighted by Crippen LogP contribution is 2.22. The molecule has 0 fully saturated rings. The Morgan fingerprint density at radius 1 is 1.33 bits per heavy atom. The van der Waals surface area contributed by atoms with Crippen LogP contribution < -0.4 is 20.5 Å². The van der Waals surface area contributed by atoms with Crippen LogP contribution in [-0.4, -0.2) is 39.3 Å². The average Bonchev–Trinajstić information content (AvgIpc) is 2.44. The highest BCUT2D eigenvalue weighted by atomic mass is 32.2. The van der Waals surface area contributed by atoms with Gasteiger partial charge in [0.1, 0.15) is 5.75 Å². The van der Waals surface area contributed by atoms with Crippen LogP contribution in [0.5, 0.6) is 5.75 Å². The zero-order chi connectivity index (χ0) is 18.2. The van der Waals surface area contributed by atoms with Crippen molar-refractivity contribution in [3.8, 4) is 5.75 Å². The van der Waals surface area contributed by atoms with Crippen LogP contribution in [-0.2, 0) is 16.6 Å². The fourth-order valence-electron chi connectivity index (χ4n) is 1.97. The Kier molecular flexibility index (Phi) is 8.00. The van der Waals surface area contributed by atoms with Crippen LogP contribution in [0.3, 0.4) is 0 Å². The maximum atomic E-state index is 11.0. The Bertz CT molecular complexity index is 657. The Balaban J connectivity index is 2.81. The number of nitrogens with one attached hydrogen (secondary N) is 2. The van der Waals surface area contributed by atoms with Crippen molar-refractivity contribution in [3.05, 3.63) is 29.3 Å². The van der Waals surface area contributed by atoms with Gasteiger partial charge in [-0.15, -0.1) is 0 Å². The molecule has 0 heterocycles. The predicted octanol–water partition coefficient (Wildman–Crippen LogP) is 1.13. The molecule has 0 amide bonds. The number of sulfonamides is 1. The number of hydrogen-bond acceptors (Lipinski definition) is 4. The van der Waals surface area contributed by atoms with Crippen LogP contribution in [0, 0.1) is 6.92 Å². The van der Waals surface area contributed by atoms with Gasteiger partial charge in [0.25, 0.3) is 0 Å². The lowest BCUT2D eigenvalue weighted by Gasteiger charge is -2.15. The molecule has 4 N–H and O–H groups in total. The van der Waals surface area contributed by atoms with Gasteiger partial charge in [-0.1, -0.05) is 12.1 Å². The summed E-state index contributed by atoms with van der Waals surface area (Å²) in [5.74, 6) is 1.20. The zero-order valence-electron chi connectivity index (χ0n) is 14.8. The third-order valence-electron chi connectivity index (χ3n) is 3.02. The van der Waals surface area contributed by atoms with Gasteiger partial charge in [0.2, 0.25) is 10.0 Å². The van der Waals surface area contributed by atoms with Gasteiger partial charge in [0.15, 0.2) is 5.96 Å². The lowest BCUT2D eigenvalue weighted by atomic mass is 10.1. The van der Waals surface area contributed by atoms with Gasteiger partial charge in [0.05, 0.1) is 18.4 Å². The molecule has 0 spiro atoms. The summed E-state index contributed by atoms with van der Waals surface area (Å²) in [4.78, 5) is 4.48. The normalized spacial score (nSPS) is 12.3. The monoisotopic (exact) mass is 356 g/mol. The lowest BCUT2D eigenvalue weighted by Crippen LogP contribution is -2.40. The molecule has 0 radical (unpaired) electrons. The summed E-state index contributed by atoms with van der Waals surface area (Å²) in [5.41, 5.74) is 2.09. The molecule has 0 unspecified atom stereocenters. The number of primary sulfonamides is 1. The van der Waals surface area contributed by atoms with Crippen molar-refractivity contribution in [2.24, 2.45) is 10.1 Å². The van der Waals surface area contributed by atoms with E-state index in [9.17, 15) is 8.42 Å². The minimum absolute atomic E-state index is 0.0793. The molecular formula is C16H28N4O3S. The lowest BCUT2D eigenvalue weighted by molar-refractivity contribution is 0.240. The van der Waals surface area contributed by atoms with E-state index in [0.717, 1.165) is 16.9 Å². The SMILES string of the molecule is CCNC(=NCc1ccc(C)cc1OC(C)C)NCCS(N)(=O)=O. The molecule has 1 rings (SSSR count). The molecule has 0 aliphatic heterocycles. The highest BCUT2D eigenvalue weighted by Gasteiger charge is 2.07. The van der Waals surface area contributed by atoms with Gasteiger partial charge >= 0.3 is 0 Å². The zero-order valence-corrected chi connectivity index (χ0v) is 15.6. The van der Waals surface area contributed by atoms with Crippen LogP contribution in [0.1, 0.15) is 31.9 Å². The largest absolute Gasteiger partial charge is 0.491 e. The molecule has 24 heavy (non-hydrogen) atoms. The summed E-state index contributed by atoms with van der Waals surface area (Å²) >= 11 is 0. The van der Waals surface area contributed by atoms with E-state index in [1.165, 1.54) is 0 Å². The van der Waals surface area contributed by atoms with Gasteiger partial charge in [0, 0.05) is 18.7 Å². The number of benzene rings is 1. The first-order valence-electron chi connectivity index (χ1n) is 8.00. The van der Waals surface area contributed by atoms with Gasteiger partial charge < -0.3 is 15.4 Å². The van der Waals surface area contributed by atoms with Crippen LogP contribution >= 0.6 is 0 Å². The van der Waals surface area contributed by atoms with Crippen molar-refractivity contribution in [2.45, 2.75) is 40.3 Å². The third-order valence-corrected chi connectivity index (χ3v) is 3.79. The first-order valence-corrected chi connectivity index (χ1v) is 9.71. The quantitative estimate of drug-likeness (QED) is 0.478. The smallest absolute Gasteiger partial charge is 0.210 e. The number of guanidine groups is 1. The minimum atomic E-state index is -3.49. The number of ether oxygens (including phenoxy) is 1. The number of nitrogens with two attached hydrogens (primary N) is 1. The van der Waals surface area contributed by atoms with E-state index in [2.05, 4.69) is 15.6 Å². The molecule has 0 bridgehead atoms. The molecule has 0 aliphatic rings. The maximum absolute atomic E-state index is 11.0. The minimum Gasteiger partial charge on any atom is -0.491 e. The second kappa shape index (κ2) is 9.48. The van der Waals surface area contributed by atoms with E-state index >= 15 is 0 Å². The molecule has 0 aliphatic carbocycles. The maximum Gasteiger partial charge on any atom is 0.210 e. The number of hydrogen-bond donors (Lipinski definition) is 3. The highest BCUT2D eigenvalue weighted by molar-refractivity contribution is 7.89. The van der Waals surface area contributed by atoms with Crippen molar-refractivity contribution in [1.82, 2.24) is 10.6 Å². The molecule has 0 aromatic heterocycles. The van der Waals surface area contributed by atoms with Gasteiger partial charge in [-0.05, 0) is 39.3 Å². The van der Waals surface area contributed by atoms with E-state index in [0.29, 0.717) is 19.0 Å². The molecule has 136 valence electrons. The summed E-state index contributed by atoms with van der Waals surface area (Å²) in [7, 11) is -3.49. The number of rotatable bonds is 8. The van der Waals surface area contributed by atoms with Gasteiger partial charge in [-0.25, -0.2) is 18.5 Å². The van der Waals surface area contributed by atoms with Crippen molar-refractivity contribution in [1.29, 1.82) is 0 Å². The van der Waals surface area contributed by atoms with Gasteiger partial charge in [-0.3, -0.25) is 0 Å². The summed E-state index contributed by atoms with van der Waals surface area (Å²) in [6.45, 7) is 9.21. The second-order valence-corrected chi connectivity index (χ2v) is 7.50. The molecular weight excluding hydrogens is 328 g/mol. The fourth-order valence-corrected chi connectivity index (χ4v) is 2.36. The Morgan fingerprint density at radius 3 is 2.62 bits per heavy atom. The first kappa shape index (κ1) is 20.2. The van der Waals surface area contributed by atoms with E-state index in [1.807, 2.05) is 45.9 Å². The molecule has 0 atom stereocenters. The average molecular weight is 356 g/mol. The molecule has 0 saturated carbocycles. The van der Waals surface area contributed by atoms with Crippen molar-refractivity contribution >= 4 is 16.0 Å². The molecule has 1 aromatic carbocycles. The number of nitrogens with zero attached hydrogens (tertiary/aromatic N) is 1. The molecule has 7 nitrogen and oxygen atoms in total. The van der Waals surface area contributed by atoms with Crippen LogP contribution in [0.25, 0.3) is 0 Å². The fraction of sp³-hybridized carbons (Fsp3) is 0.562. The van der Waals surface area contributed by atoms with Crippen LogP contribution in [0.2, 0.25) is 0 Å². The van der Waals surface area contributed by atoms with Crippen LogP contribution in [0.4, 0.5) is 0 Å². The number of aliphatic imine (C=N–C) groups is 1. The summed E-state index contributed by atoms with van der Waals surface area (Å²) in [6, 6.07) is 6.00. The standard InChI is InChI=1S/C16H28N4O3S/c1-5-18-16(19-8-9-24(17,21)22)20-11-14-7-6-13(4)10-15(14)23-12(2)3/h6-7,10,12H,5,8-9,11H2,1-4H3,(H2,17,21,22)(H2,18,19,20). The van der Waals surface area contributed by atoms with Crippen molar-refractivity contribution in [2.75, 3.05) is 18.8 Å². The van der Waals surface area contributed by atoms with E-state index in [4.69, 9.17) is 9.88 Å². The molecule has 0 saturated heterocycles. The first-order chi connectivity index (χ1) is 11.2. The van der Waals surface area contributed by atoms with Gasteiger partial charge in [-0.2, -0.15) is 0 Å². The summed E-state index contributed by atoms with van der Waals surface area (Å²) in [6.07, 6.45) is 0.0793. The van der Waals surface area contributed by atoms with E-state index in [-0.39, 0.29) is 18.4 Å². The summed E-state index contributed by atoms with van der Waals surface area (Å²) < 4.78 is 27.8. The Morgan fingerprint density at radius 2 is 2.04 bits per heavy atom. The van der Waals surface area contributed by atoms with E-state index < -0.39 is 10.0 Å². The predicted molar refractivity (Wildman–Crippen MR) is 97.7 cm³/mol. The van der Waals surface area contributed by atoms with Crippen molar-refractivity contribution in [3.63, 3.8) is 0 Å². The van der Waals surface area contributed by atoms with E-state index in [1.54, 1.807) is 0 Å². The molecule has 8 heteroatoms.